The second-order valence-corrected chi connectivity index (χ2v) is 5.40. The molecule has 0 bridgehead atoms. The fourth-order valence-electron chi connectivity index (χ4n) is 3.06. The normalized spacial score (nSPS) is 25.1. The molecule has 1 aliphatic heterocycles. The van der Waals surface area contributed by atoms with Crippen molar-refractivity contribution in [3.05, 3.63) is 41.8 Å². The summed E-state index contributed by atoms with van der Waals surface area (Å²) in [6.07, 6.45) is 4.53. The number of aromatic nitrogens is 3. The summed E-state index contributed by atoms with van der Waals surface area (Å²) in [4.78, 5) is 16.7. The van der Waals surface area contributed by atoms with E-state index in [-0.39, 0.29) is 11.8 Å². The van der Waals surface area contributed by atoms with E-state index in [0.717, 1.165) is 17.7 Å². The fourth-order valence-corrected chi connectivity index (χ4v) is 3.06. The summed E-state index contributed by atoms with van der Waals surface area (Å²) in [6.45, 7) is 2.09. The number of anilines is 1. The molecule has 1 aliphatic carbocycles. The van der Waals surface area contributed by atoms with Crippen LogP contribution in [-0.4, -0.2) is 20.5 Å². The van der Waals surface area contributed by atoms with E-state index in [4.69, 9.17) is 4.42 Å². The summed E-state index contributed by atoms with van der Waals surface area (Å²) in [5.41, 5.74) is 1.71. The van der Waals surface area contributed by atoms with Crippen molar-refractivity contribution >= 4 is 11.7 Å². The number of carbonyl (C=O) groups is 1. The summed E-state index contributed by atoms with van der Waals surface area (Å²) in [7, 11) is 0. The lowest BCUT2D eigenvalue weighted by Crippen LogP contribution is -2.33. The van der Waals surface area contributed by atoms with Crippen LogP contribution in [0.5, 0.6) is 0 Å². The van der Waals surface area contributed by atoms with E-state index in [1.807, 2.05) is 12.1 Å². The van der Waals surface area contributed by atoms with Gasteiger partial charge in [-0.25, -0.2) is 4.68 Å². The molecule has 6 heteroatoms. The number of carbonyl (C=O) groups excluding carboxylic acids is 1. The summed E-state index contributed by atoms with van der Waals surface area (Å²) in [5, 5.41) is 7.47. The highest BCUT2D eigenvalue weighted by molar-refractivity contribution is 5.99. The number of hydrogen-bond acceptors (Lipinski definition) is 5. The number of Topliss-reactive ketones (excluding diaryl/α,β-unsaturated/α-hetero) is 1. The van der Waals surface area contributed by atoms with Crippen molar-refractivity contribution in [1.82, 2.24) is 14.8 Å². The van der Waals surface area contributed by atoms with Crippen molar-refractivity contribution in [3.63, 3.8) is 0 Å². The van der Waals surface area contributed by atoms with E-state index in [9.17, 15) is 4.79 Å². The predicted octanol–water partition coefficient (Wildman–Crippen LogP) is 2.14. The number of nitrogens with zero attached hydrogens (tertiary/aromatic N) is 3. The van der Waals surface area contributed by atoms with Crippen molar-refractivity contribution in [2.75, 3.05) is 5.32 Å². The smallest absolute Gasteiger partial charge is 0.226 e. The van der Waals surface area contributed by atoms with Gasteiger partial charge < -0.3 is 9.73 Å². The van der Waals surface area contributed by atoms with Gasteiger partial charge in [-0.05, 0) is 24.5 Å². The molecule has 0 saturated carbocycles. The van der Waals surface area contributed by atoms with Crippen LogP contribution in [0.2, 0.25) is 0 Å². The number of ketones is 1. The van der Waals surface area contributed by atoms with Gasteiger partial charge in [0.15, 0.2) is 5.78 Å². The highest BCUT2D eigenvalue weighted by atomic mass is 16.3. The first-order chi connectivity index (χ1) is 9.74. The highest BCUT2D eigenvalue weighted by Gasteiger charge is 2.39. The number of fused-ring (bicyclic) bond motifs is 1. The highest BCUT2D eigenvalue weighted by Crippen LogP contribution is 2.40. The molecule has 0 amide bonds. The van der Waals surface area contributed by atoms with Crippen LogP contribution in [0.25, 0.3) is 0 Å². The molecule has 102 valence electrons. The largest absolute Gasteiger partial charge is 0.467 e. The molecule has 0 aromatic carbocycles. The molecule has 1 N–H and O–H groups in total. The molecule has 2 aromatic rings. The van der Waals surface area contributed by atoms with Crippen LogP contribution in [0.15, 0.2) is 40.4 Å². The molecular formula is C14H14N4O2. The molecule has 2 unspecified atom stereocenters. The van der Waals surface area contributed by atoms with Crippen LogP contribution in [-0.2, 0) is 4.79 Å². The Kier molecular flexibility index (Phi) is 2.33. The Balaban J connectivity index is 1.91. The van der Waals surface area contributed by atoms with Crippen molar-refractivity contribution < 1.29 is 9.21 Å². The number of nitrogens with one attached hydrogen (secondary N) is 1. The van der Waals surface area contributed by atoms with Crippen molar-refractivity contribution in [2.24, 2.45) is 5.92 Å². The van der Waals surface area contributed by atoms with Crippen LogP contribution in [0.3, 0.4) is 0 Å². The Morgan fingerprint density at radius 3 is 3.15 bits per heavy atom. The van der Waals surface area contributed by atoms with Gasteiger partial charge in [0, 0.05) is 17.7 Å². The molecule has 0 radical (unpaired) electrons. The lowest BCUT2D eigenvalue weighted by molar-refractivity contribution is -0.117. The number of hydrogen-bond donors (Lipinski definition) is 1. The first kappa shape index (κ1) is 11.5. The third kappa shape index (κ3) is 1.54. The van der Waals surface area contributed by atoms with E-state index in [1.165, 1.54) is 6.33 Å². The Morgan fingerprint density at radius 1 is 1.45 bits per heavy atom. The summed E-state index contributed by atoms with van der Waals surface area (Å²) >= 11 is 0. The van der Waals surface area contributed by atoms with Gasteiger partial charge in [0.25, 0.3) is 0 Å². The molecule has 4 rings (SSSR count). The monoisotopic (exact) mass is 270 g/mol. The van der Waals surface area contributed by atoms with Crippen LogP contribution >= 0.6 is 0 Å². The fraction of sp³-hybridized carbons (Fsp3) is 0.357. The van der Waals surface area contributed by atoms with Gasteiger partial charge in [-0.1, -0.05) is 6.92 Å². The number of rotatable bonds is 1. The standard InChI is InChI=1S/C14H14N4O2/c1-8-5-9-12(10(19)6-8)13(11-3-2-4-20-11)18-14(17-9)15-7-16-18/h2-4,7-8,13H,5-6H2,1H3,(H,15,16,17). The van der Waals surface area contributed by atoms with Crippen molar-refractivity contribution in [2.45, 2.75) is 25.8 Å². The Bertz CT molecular complexity index is 699. The zero-order valence-corrected chi connectivity index (χ0v) is 11.0. The first-order valence-corrected chi connectivity index (χ1v) is 6.70. The lowest BCUT2D eigenvalue weighted by Gasteiger charge is -2.32. The van der Waals surface area contributed by atoms with E-state index < -0.39 is 0 Å². The number of allylic oxidation sites excluding steroid dienone is 2. The average molecular weight is 270 g/mol. The van der Waals surface area contributed by atoms with Gasteiger partial charge >= 0.3 is 0 Å². The van der Waals surface area contributed by atoms with Crippen LogP contribution in [0, 0.1) is 5.92 Å². The summed E-state index contributed by atoms with van der Waals surface area (Å²) in [5.74, 6) is 1.88. The Hall–Kier alpha value is -2.37. The molecule has 3 heterocycles. The van der Waals surface area contributed by atoms with E-state index in [1.54, 1.807) is 10.9 Å². The van der Waals surface area contributed by atoms with Crippen LogP contribution in [0.4, 0.5) is 5.95 Å². The van der Waals surface area contributed by atoms with Crippen LogP contribution < -0.4 is 5.32 Å². The molecule has 2 aliphatic rings. The molecule has 6 nitrogen and oxygen atoms in total. The van der Waals surface area contributed by atoms with E-state index >= 15 is 0 Å². The summed E-state index contributed by atoms with van der Waals surface area (Å²) in [6, 6.07) is 3.39. The zero-order valence-electron chi connectivity index (χ0n) is 11.0. The van der Waals surface area contributed by atoms with E-state index in [0.29, 0.717) is 24.0 Å². The minimum absolute atomic E-state index is 0.161. The molecular weight excluding hydrogens is 256 g/mol. The van der Waals surface area contributed by atoms with Gasteiger partial charge in [0.1, 0.15) is 18.1 Å². The molecule has 0 fully saturated rings. The SMILES string of the molecule is CC1CC(=O)C2=C(C1)Nc1ncnn1C2c1ccco1. The van der Waals surface area contributed by atoms with Crippen molar-refractivity contribution in [1.29, 1.82) is 0 Å². The maximum Gasteiger partial charge on any atom is 0.226 e. The minimum atomic E-state index is -0.307. The second kappa shape index (κ2) is 4.06. The first-order valence-electron chi connectivity index (χ1n) is 6.70. The van der Waals surface area contributed by atoms with Crippen molar-refractivity contribution in [3.8, 4) is 0 Å². The Labute approximate surface area is 115 Å². The number of furan rings is 1. The van der Waals surface area contributed by atoms with Gasteiger partial charge in [0.2, 0.25) is 5.95 Å². The third-order valence-electron chi connectivity index (χ3n) is 3.88. The zero-order chi connectivity index (χ0) is 13.7. The topological polar surface area (TPSA) is 73.0 Å². The second-order valence-electron chi connectivity index (χ2n) is 5.40. The molecule has 0 saturated heterocycles. The van der Waals surface area contributed by atoms with Gasteiger partial charge in [-0.2, -0.15) is 10.1 Å². The molecule has 0 spiro atoms. The Morgan fingerprint density at radius 2 is 2.35 bits per heavy atom. The van der Waals surface area contributed by atoms with Gasteiger partial charge in [-0.3, -0.25) is 4.79 Å². The van der Waals surface area contributed by atoms with Crippen LogP contribution in [0.1, 0.15) is 31.6 Å². The predicted molar refractivity (Wildman–Crippen MR) is 70.9 cm³/mol. The summed E-state index contributed by atoms with van der Waals surface area (Å²) < 4.78 is 7.23. The third-order valence-corrected chi connectivity index (χ3v) is 3.88. The van der Waals surface area contributed by atoms with Gasteiger partial charge in [0.05, 0.1) is 6.26 Å². The average Bonchev–Trinajstić information content (AvgIpc) is 3.06. The quantitative estimate of drug-likeness (QED) is 0.859. The van der Waals surface area contributed by atoms with E-state index in [2.05, 4.69) is 22.3 Å². The van der Waals surface area contributed by atoms with Gasteiger partial charge in [-0.15, -0.1) is 0 Å². The molecule has 20 heavy (non-hydrogen) atoms. The minimum Gasteiger partial charge on any atom is -0.467 e. The molecule has 2 aromatic heterocycles. The molecule has 2 atom stereocenters. The maximum atomic E-state index is 12.5. The lowest BCUT2D eigenvalue weighted by atomic mass is 9.82. The maximum absolute atomic E-state index is 12.5.